The SMILES string of the molecule is O=C(O)Cn1cc(C=C2SC(=O)N(c3ccccc3)C2=O)c2ccccc21. The molecule has 7 heteroatoms. The summed E-state index contributed by atoms with van der Waals surface area (Å²) in [5, 5.41) is 9.58. The van der Waals surface area contributed by atoms with E-state index in [1.54, 1.807) is 41.1 Å². The van der Waals surface area contributed by atoms with E-state index in [0.29, 0.717) is 16.2 Å². The van der Waals surface area contributed by atoms with Crippen molar-refractivity contribution in [3.8, 4) is 0 Å². The zero-order valence-corrected chi connectivity index (χ0v) is 14.8. The van der Waals surface area contributed by atoms with Gasteiger partial charge in [-0.3, -0.25) is 14.4 Å². The number of nitrogens with zero attached hydrogens (tertiary/aromatic N) is 2. The van der Waals surface area contributed by atoms with Gasteiger partial charge >= 0.3 is 5.97 Å². The number of amides is 2. The molecule has 3 aromatic rings. The molecule has 0 bridgehead atoms. The molecule has 1 N–H and O–H groups in total. The van der Waals surface area contributed by atoms with Crippen molar-refractivity contribution < 1.29 is 19.5 Å². The molecule has 1 aliphatic rings. The maximum atomic E-state index is 12.8. The van der Waals surface area contributed by atoms with Crippen molar-refractivity contribution >= 4 is 51.5 Å². The summed E-state index contributed by atoms with van der Waals surface area (Å²) in [6.45, 7) is -0.181. The van der Waals surface area contributed by atoms with Gasteiger partial charge < -0.3 is 9.67 Å². The molecule has 2 heterocycles. The van der Waals surface area contributed by atoms with Crippen LogP contribution in [0.3, 0.4) is 0 Å². The normalized spacial score (nSPS) is 15.9. The van der Waals surface area contributed by atoms with E-state index in [1.165, 1.54) is 0 Å². The first-order chi connectivity index (χ1) is 13.0. The first-order valence-electron chi connectivity index (χ1n) is 8.17. The van der Waals surface area contributed by atoms with Crippen LogP contribution in [-0.2, 0) is 16.1 Å². The summed E-state index contributed by atoms with van der Waals surface area (Å²) >= 11 is 0.876. The van der Waals surface area contributed by atoms with Gasteiger partial charge in [-0.2, -0.15) is 0 Å². The molecule has 4 rings (SSSR count). The molecule has 0 aliphatic carbocycles. The van der Waals surface area contributed by atoms with Crippen LogP contribution in [0, 0.1) is 0 Å². The largest absolute Gasteiger partial charge is 0.480 e. The fourth-order valence-corrected chi connectivity index (χ4v) is 3.91. The standard InChI is InChI=1S/C20H14N2O4S/c23-18(24)12-21-11-13(15-8-4-5-9-16(15)21)10-17-19(25)22(20(26)27-17)14-6-2-1-3-7-14/h1-11H,12H2,(H,23,24). The van der Waals surface area contributed by atoms with E-state index in [0.717, 1.165) is 27.6 Å². The monoisotopic (exact) mass is 378 g/mol. The number of para-hydroxylation sites is 2. The number of carbonyl (C=O) groups is 3. The second-order valence-corrected chi connectivity index (χ2v) is 6.97. The molecule has 0 unspecified atom stereocenters. The van der Waals surface area contributed by atoms with Crippen molar-refractivity contribution in [2.24, 2.45) is 0 Å². The molecule has 1 aromatic heterocycles. The molecule has 27 heavy (non-hydrogen) atoms. The van der Waals surface area contributed by atoms with Gasteiger partial charge in [-0.05, 0) is 36.0 Å². The highest BCUT2D eigenvalue weighted by atomic mass is 32.2. The zero-order chi connectivity index (χ0) is 19.0. The number of carboxylic acid groups (broad SMARTS) is 1. The Labute approximate surface area is 158 Å². The third-order valence-corrected chi connectivity index (χ3v) is 5.09. The molecule has 6 nitrogen and oxygen atoms in total. The van der Waals surface area contributed by atoms with Gasteiger partial charge in [-0.1, -0.05) is 36.4 Å². The second kappa shape index (κ2) is 6.77. The molecular weight excluding hydrogens is 364 g/mol. The Kier molecular flexibility index (Phi) is 4.29. The van der Waals surface area contributed by atoms with Gasteiger partial charge in [-0.15, -0.1) is 0 Å². The lowest BCUT2D eigenvalue weighted by Gasteiger charge is -2.11. The summed E-state index contributed by atoms with van der Waals surface area (Å²) < 4.78 is 1.62. The molecule has 0 radical (unpaired) electrons. The van der Waals surface area contributed by atoms with Gasteiger partial charge in [0.15, 0.2) is 0 Å². The lowest BCUT2D eigenvalue weighted by molar-refractivity contribution is -0.137. The molecule has 1 aliphatic heterocycles. The molecule has 1 fully saturated rings. The number of hydrogen-bond acceptors (Lipinski definition) is 4. The van der Waals surface area contributed by atoms with E-state index in [1.807, 2.05) is 30.3 Å². The van der Waals surface area contributed by atoms with Crippen LogP contribution in [0.15, 0.2) is 65.7 Å². The van der Waals surface area contributed by atoms with E-state index < -0.39 is 5.97 Å². The number of benzene rings is 2. The lowest BCUT2D eigenvalue weighted by Crippen LogP contribution is -2.27. The van der Waals surface area contributed by atoms with E-state index >= 15 is 0 Å². The maximum absolute atomic E-state index is 12.8. The minimum atomic E-state index is -0.952. The Bertz CT molecular complexity index is 1100. The van der Waals surface area contributed by atoms with Crippen molar-refractivity contribution in [1.29, 1.82) is 0 Å². The quantitative estimate of drug-likeness (QED) is 0.695. The molecule has 0 saturated carbocycles. The number of rotatable bonds is 4. The smallest absolute Gasteiger partial charge is 0.323 e. The Morgan fingerprint density at radius 1 is 1.04 bits per heavy atom. The number of carbonyl (C=O) groups excluding carboxylic acids is 2. The molecule has 2 aromatic carbocycles. The van der Waals surface area contributed by atoms with Gasteiger partial charge in [0.25, 0.3) is 11.1 Å². The van der Waals surface area contributed by atoms with Gasteiger partial charge in [0.1, 0.15) is 6.54 Å². The van der Waals surface area contributed by atoms with Crippen LogP contribution in [0.5, 0.6) is 0 Å². The number of anilines is 1. The summed E-state index contributed by atoms with van der Waals surface area (Å²) in [4.78, 5) is 37.7. The van der Waals surface area contributed by atoms with E-state index in [4.69, 9.17) is 5.11 Å². The fraction of sp³-hybridized carbons (Fsp3) is 0.0500. The Hall–Kier alpha value is -3.32. The zero-order valence-electron chi connectivity index (χ0n) is 14.0. The van der Waals surface area contributed by atoms with Crippen LogP contribution in [-0.4, -0.2) is 26.8 Å². The molecular formula is C20H14N2O4S. The number of imide groups is 1. The summed E-state index contributed by atoms with van der Waals surface area (Å²) in [6, 6.07) is 16.1. The number of carboxylic acids is 1. The summed E-state index contributed by atoms with van der Waals surface area (Å²) in [7, 11) is 0. The van der Waals surface area contributed by atoms with Crippen molar-refractivity contribution in [2.75, 3.05) is 4.90 Å². The highest BCUT2D eigenvalue weighted by molar-refractivity contribution is 8.19. The van der Waals surface area contributed by atoms with Crippen molar-refractivity contribution in [3.63, 3.8) is 0 Å². The minimum absolute atomic E-state index is 0.181. The summed E-state index contributed by atoms with van der Waals surface area (Å²) in [5.41, 5.74) is 1.98. The number of thioether (sulfide) groups is 1. The Morgan fingerprint density at radius 2 is 1.74 bits per heavy atom. The molecule has 134 valence electrons. The third kappa shape index (κ3) is 3.13. The van der Waals surface area contributed by atoms with Crippen LogP contribution >= 0.6 is 11.8 Å². The van der Waals surface area contributed by atoms with Gasteiger partial charge in [0.05, 0.1) is 10.6 Å². The fourth-order valence-electron chi connectivity index (χ4n) is 3.08. The van der Waals surface area contributed by atoms with Crippen LogP contribution < -0.4 is 4.90 Å². The summed E-state index contributed by atoms with van der Waals surface area (Å²) in [6.07, 6.45) is 3.34. The highest BCUT2D eigenvalue weighted by Gasteiger charge is 2.36. The van der Waals surface area contributed by atoms with Crippen LogP contribution in [0.1, 0.15) is 5.56 Å². The number of aliphatic carboxylic acids is 1. The number of hydrogen-bond donors (Lipinski definition) is 1. The average molecular weight is 378 g/mol. The van der Waals surface area contributed by atoms with Gasteiger partial charge in [-0.25, -0.2) is 4.90 Å². The predicted octanol–water partition coefficient (Wildman–Crippen LogP) is 3.97. The molecule has 2 amide bonds. The van der Waals surface area contributed by atoms with Crippen LogP contribution in [0.2, 0.25) is 0 Å². The topological polar surface area (TPSA) is 79.6 Å². The van der Waals surface area contributed by atoms with E-state index in [9.17, 15) is 14.4 Å². The molecule has 0 atom stereocenters. The Balaban J connectivity index is 1.75. The predicted molar refractivity (Wildman–Crippen MR) is 104 cm³/mol. The summed E-state index contributed by atoms with van der Waals surface area (Å²) in [5.74, 6) is -1.34. The number of aromatic nitrogens is 1. The maximum Gasteiger partial charge on any atom is 0.323 e. The number of fused-ring (bicyclic) bond motifs is 1. The van der Waals surface area contributed by atoms with Crippen molar-refractivity contribution in [2.45, 2.75) is 6.54 Å². The van der Waals surface area contributed by atoms with E-state index in [-0.39, 0.29) is 17.7 Å². The second-order valence-electron chi connectivity index (χ2n) is 5.98. The third-order valence-electron chi connectivity index (χ3n) is 4.22. The molecule has 0 spiro atoms. The lowest BCUT2D eigenvalue weighted by atomic mass is 10.1. The highest BCUT2D eigenvalue weighted by Crippen LogP contribution is 2.36. The minimum Gasteiger partial charge on any atom is -0.480 e. The van der Waals surface area contributed by atoms with Crippen molar-refractivity contribution in [1.82, 2.24) is 4.57 Å². The van der Waals surface area contributed by atoms with Gasteiger partial charge in [0.2, 0.25) is 0 Å². The van der Waals surface area contributed by atoms with Crippen LogP contribution in [0.25, 0.3) is 17.0 Å². The van der Waals surface area contributed by atoms with Crippen LogP contribution in [0.4, 0.5) is 10.5 Å². The average Bonchev–Trinajstić information content (AvgIpc) is 3.13. The van der Waals surface area contributed by atoms with Gasteiger partial charge in [0, 0.05) is 22.7 Å². The Morgan fingerprint density at radius 3 is 2.48 bits per heavy atom. The first kappa shape index (κ1) is 17.1. The first-order valence-corrected chi connectivity index (χ1v) is 8.99. The van der Waals surface area contributed by atoms with Crippen molar-refractivity contribution in [3.05, 3.63) is 71.3 Å². The molecule has 1 saturated heterocycles. The van der Waals surface area contributed by atoms with E-state index in [2.05, 4.69) is 0 Å².